The number of aromatic nitrogens is 2. The smallest absolute Gasteiger partial charge is 0.278 e. The average molecular weight is 561 g/mol. The molecule has 1 aliphatic carbocycles. The van der Waals surface area contributed by atoms with Gasteiger partial charge < -0.3 is 14.7 Å². The Bertz CT molecular complexity index is 1800. The van der Waals surface area contributed by atoms with E-state index in [1.54, 1.807) is 16.5 Å². The molecule has 2 atom stereocenters. The molecule has 8 nitrogen and oxygen atoms in total. The summed E-state index contributed by atoms with van der Waals surface area (Å²) >= 11 is 1.35. The first kappa shape index (κ1) is 23.8. The lowest BCUT2D eigenvalue weighted by Crippen LogP contribution is -2.68. The lowest BCUT2D eigenvalue weighted by molar-refractivity contribution is -0.150. The van der Waals surface area contributed by atoms with Crippen LogP contribution in [-0.4, -0.2) is 51.5 Å². The molecule has 4 aromatic rings. The Labute approximate surface area is 230 Å². The topological polar surface area (TPSA) is 87.9 Å². The number of aromatic hydroxyl groups is 1. The summed E-state index contributed by atoms with van der Waals surface area (Å²) in [6.45, 7) is 1.54. The van der Waals surface area contributed by atoms with Crippen molar-refractivity contribution >= 4 is 17.2 Å². The Hall–Kier alpha value is -4.09. The number of benzene rings is 2. The third kappa shape index (κ3) is 3.04. The van der Waals surface area contributed by atoms with Crippen molar-refractivity contribution in [1.82, 2.24) is 14.6 Å². The Morgan fingerprint density at radius 3 is 2.70 bits per heavy atom. The molecule has 3 aliphatic heterocycles. The molecule has 2 unspecified atom stereocenters. The summed E-state index contributed by atoms with van der Waals surface area (Å²) in [7, 11) is 0. The van der Waals surface area contributed by atoms with E-state index in [4.69, 9.17) is 4.74 Å². The van der Waals surface area contributed by atoms with Crippen molar-refractivity contribution in [3.63, 3.8) is 0 Å². The highest BCUT2D eigenvalue weighted by molar-refractivity contribution is 7.13. The zero-order chi connectivity index (χ0) is 27.3. The highest BCUT2D eigenvalue weighted by Gasteiger charge is 2.53. The van der Waals surface area contributed by atoms with E-state index < -0.39 is 40.9 Å². The molecule has 0 radical (unpaired) electrons. The molecule has 4 aliphatic rings. The van der Waals surface area contributed by atoms with Crippen molar-refractivity contribution in [3.05, 3.63) is 92.9 Å². The number of hydrogen-bond acceptors (Lipinski definition) is 7. The van der Waals surface area contributed by atoms with Crippen LogP contribution in [0.15, 0.2) is 59.0 Å². The SMILES string of the molecule is O=C1c2c(O)c(=O)ccn2N(C2c3ccccc3-c3scnc3-c3c2ccc(F)c3F)C2CC3(CCN12)COC3. The van der Waals surface area contributed by atoms with E-state index in [-0.39, 0.29) is 16.7 Å². The number of fused-ring (bicyclic) bond motifs is 7. The molecule has 1 N–H and O–H groups in total. The maximum absolute atomic E-state index is 15.8. The van der Waals surface area contributed by atoms with Gasteiger partial charge in [-0.2, -0.15) is 0 Å². The molecule has 2 fully saturated rings. The van der Waals surface area contributed by atoms with Crippen LogP contribution in [0.4, 0.5) is 8.78 Å². The molecule has 40 heavy (non-hydrogen) atoms. The fourth-order valence-corrected chi connectivity index (χ4v) is 7.60. The van der Waals surface area contributed by atoms with Crippen LogP contribution in [0.25, 0.3) is 21.7 Å². The zero-order valence-electron chi connectivity index (χ0n) is 21.0. The first-order valence-electron chi connectivity index (χ1n) is 13.0. The number of pyridine rings is 1. The monoisotopic (exact) mass is 560 g/mol. The molecule has 202 valence electrons. The third-order valence-electron chi connectivity index (χ3n) is 8.74. The van der Waals surface area contributed by atoms with Crippen LogP contribution < -0.4 is 10.4 Å². The van der Waals surface area contributed by atoms with Crippen molar-refractivity contribution in [1.29, 1.82) is 0 Å². The fraction of sp³-hybridized carbons (Fsp3) is 0.276. The standard InChI is InChI=1S/C29H22F2N4O4S/c30-18-6-5-17-21(22(18)31)23-27(40-14-32-23)16-4-2-1-3-15(16)24(17)35-20-11-29(12-39-13-29)8-10-33(20)28(38)25-26(37)19(36)7-9-34(25)35/h1-7,9,14,20,24,37H,8,10-13H2. The predicted molar refractivity (Wildman–Crippen MR) is 143 cm³/mol. The normalized spacial score (nSPS) is 22.0. The van der Waals surface area contributed by atoms with Crippen LogP contribution in [0.3, 0.4) is 0 Å². The van der Waals surface area contributed by atoms with E-state index >= 15 is 4.39 Å². The van der Waals surface area contributed by atoms with Crippen molar-refractivity contribution in [2.24, 2.45) is 5.41 Å². The van der Waals surface area contributed by atoms with Gasteiger partial charge in [0.2, 0.25) is 5.43 Å². The fourth-order valence-electron chi connectivity index (χ4n) is 6.76. The maximum Gasteiger partial charge on any atom is 0.278 e. The van der Waals surface area contributed by atoms with E-state index in [1.165, 1.54) is 28.3 Å². The van der Waals surface area contributed by atoms with Crippen molar-refractivity contribution in [2.45, 2.75) is 25.0 Å². The number of hydrogen-bond donors (Lipinski definition) is 1. The van der Waals surface area contributed by atoms with Gasteiger partial charge in [-0.1, -0.05) is 30.3 Å². The zero-order valence-corrected chi connectivity index (χ0v) is 21.8. The Morgan fingerprint density at radius 2 is 1.90 bits per heavy atom. The summed E-state index contributed by atoms with van der Waals surface area (Å²) in [5.41, 5.74) is 3.19. The number of ether oxygens (including phenoxy) is 1. The molecule has 2 aromatic heterocycles. The van der Waals surface area contributed by atoms with Crippen molar-refractivity contribution in [2.75, 3.05) is 24.8 Å². The predicted octanol–water partition coefficient (Wildman–Crippen LogP) is 4.26. The number of thiazole rings is 1. The summed E-state index contributed by atoms with van der Waals surface area (Å²) in [6, 6.07) is 10.8. The minimum absolute atomic E-state index is 0.0604. The molecule has 2 aromatic carbocycles. The molecule has 11 heteroatoms. The van der Waals surface area contributed by atoms with Crippen LogP contribution in [0.5, 0.6) is 5.75 Å². The van der Waals surface area contributed by atoms with Crippen LogP contribution in [0.1, 0.15) is 40.5 Å². The van der Waals surface area contributed by atoms with E-state index in [2.05, 4.69) is 4.98 Å². The molecule has 5 heterocycles. The molecular formula is C29H22F2N4O4S. The van der Waals surface area contributed by atoms with Gasteiger partial charge in [0.25, 0.3) is 5.91 Å². The van der Waals surface area contributed by atoms with Gasteiger partial charge in [-0.15, -0.1) is 11.3 Å². The number of carbonyl (C=O) groups is 1. The largest absolute Gasteiger partial charge is 0.502 e. The Morgan fingerprint density at radius 1 is 1.07 bits per heavy atom. The maximum atomic E-state index is 15.8. The average Bonchev–Trinajstić information content (AvgIpc) is 3.38. The van der Waals surface area contributed by atoms with Gasteiger partial charge >= 0.3 is 0 Å². The molecule has 1 amide bonds. The first-order chi connectivity index (χ1) is 19.4. The van der Waals surface area contributed by atoms with Crippen LogP contribution >= 0.6 is 11.3 Å². The van der Waals surface area contributed by atoms with Crippen LogP contribution in [0, 0.1) is 17.0 Å². The van der Waals surface area contributed by atoms with Gasteiger partial charge in [-0.05, 0) is 35.6 Å². The van der Waals surface area contributed by atoms with E-state index in [1.807, 2.05) is 29.3 Å². The van der Waals surface area contributed by atoms with Gasteiger partial charge in [0, 0.05) is 29.8 Å². The van der Waals surface area contributed by atoms with E-state index in [0.717, 1.165) is 23.6 Å². The third-order valence-corrected chi connectivity index (χ3v) is 9.60. The number of piperidine rings is 1. The highest BCUT2D eigenvalue weighted by atomic mass is 32.1. The van der Waals surface area contributed by atoms with Crippen LogP contribution in [-0.2, 0) is 4.74 Å². The van der Waals surface area contributed by atoms with Crippen LogP contribution in [0.2, 0.25) is 0 Å². The molecule has 2 saturated heterocycles. The van der Waals surface area contributed by atoms with Gasteiger partial charge in [-0.25, -0.2) is 13.8 Å². The number of carbonyl (C=O) groups excluding carboxylic acids is 1. The second-order valence-electron chi connectivity index (χ2n) is 10.9. The minimum atomic E-state index is -0.997. The summed E-state index contributed by atoms with van der Waals surface area (Å²) < 4.78 is 37.7. The first-order valence-corrected chi connectivity index (χ1v) is 13.9. The highest BCUT2D eigenvalue weighted by Crippen LogP contribution is 2.52. The Balaban J connectivity index is 1.46. The molecule has 8 rings (SSSR count). The molecular weight excluding hydrogens is 538 g/mol. The number of nitrogens with zero attached hydrogens (tertiary/aromatic N) is 4. The van der Waals surface area contributed by atoms with E-state index in [0.29, 0.717) is 42.3 Å². The molecule has 0 bridgehead atoms. The van der Waals surface area contributed by atoms with Crippen molar-refractivity contribution in [3.8, 4) is 27.4 Å². The Kier molecular flexibility index (Phi) is 4.88. The molecule has 1 spiro atoms. The molecule has 0 saturated carbocycles. The van der Waals surface area contributed by atoms with Crippen molar-refractivity contribution < 1.29 is 23.4 Å². The summed E-state index contributed by atoms with van der Waals surface area (Å²) in [6.07, 6.45) is 2.26. The van der Waals surface area contributed by atoms with E-state index in [9.17, 15) is 19.1 Å². The van der Waals surface area contributed by atoms with Gasteiger partial charge in [0.15, 0.2) is 23.1 Å². The summed E-state index contributed by atoms with van der Waals surface area (Å²) in [5.74, 6) is -3.07. The van der Waals surface area contributed by atoms with Gasteiger partial charge in [0.05, 0.1) is 35.3 Å². The van der Waals surface area contributed by atoms with Gasteiger partial charge in [0.1, 0.15) is 6.17 Å². The summed E-state index contributed by atoms with van der Waals surface area (Å²) in [5, 5.41) is 12.8. The number of halogens is 2. The lowest BCUT2D eigenvalue weighted by atomic mass is 9.74. The van der Waals surface area contributed by atoms with Gasteiger partial charge in [-0.3, -0.25) is 19.3 Å². The lowest BCUT2D eigenvalue weighted by Gasteiger charge is -2.57. The number of amides is 1. The number of rotatable bonds is 1. The summed E-state index contributed by atoms with van der Waals surface area (Å²) in [4.78, 5) is 33.2. The second-order valence-corrected chi connectivity index (χ2v) is 11.7. The minimum Gasteiger partial charge on any atom is -0.502 e. The second kappa shape index (κ2) is 8.21. The quantitative estimate of drug-likeness (QED) is 0.375.